The summed E-state index contributed by atoms with van der Waals surface area (Å²) in [5, 5.41) is 11.9. The Morgan fingerprint density at radius 2 is 2.00 bits per heavy atom. The maximum atomic E-state index is 11.9. The summed E-state index contributed by atoms with van der Waals surface area (Å²) in [7, 11) is 1.87. The summed E-state index contributed by atoms with van der Waals surface area (Å²) in [6, 6.07) is 9.76. The summed E-state index contributed by atoms with van der Waals surface area (Å²) >= 11 is 0. The Labute approximate surface area is 134 Å². The Bertz CT molecular complexity index is 832. The first-order valence-electron chi connectivity index (χ1n) is 7.54. The van der Waals surface area contributed by atoms with E-state index < -0.39 is 0 Å². The molecule has 6 nitrogen and oxygen atoms in total. The van der Waals surface area contributed by atoms with Gasteiger partial charge in [0.25, 0.3) is 0 Å². The molecule has 0 aliphatic heterocycles. The Hall–Kier alpha value is -2.89. The van der Waals surface area contributed by atoms with Crippen molar-refractivity contribution in [3.63, 3.8) is 0 Å². The quantitative estimate of drug-likeness (QED) is 0.806. The third kappa shape index (κ3) is 2.88. The molecule has 1 N–H and O–H groups in total. The lowest BCUT2D eigenvalue weighted by atomic mass is 10.1. The highest BCUT2D eigenvalue weighted by molar-refractivity contribution is 5.91. The van der Waals surface area contributed by atoms with Gasteiger partial charge in [-0.2, -0.15) is 10.2 Å². The first-order chi connectivity index (χ1) is 11.1. The van der Waals surface area contributed by atoms with Gasteiger partial charge in [-0.25, -0.2) is 4.68 Å². The van der Waals surface area contributed by atoms with Crippen LogP contribution in [-0.4, -0.2) is 25.5 Å². The molecule has 6 heteroatoms. The first kappa shape index (κ1) is 15.0. The number of carbonyl (C=O) groups excluding carboxylic acids is 1. The molecule has 0 spiro atoms. The molecule has 3 aromatic rings. The molecule has 0 atom stereocenters. The SMILES string of the molecule is CCC(=O)Nc1c(C)c(-c2cnn(C)c2)nn1-c1ccccc1. The van der Waals surface area contributed by atoms with E-state index in [0.29, 0.717) is 12.2 Å². The highest BCUT2D eigenvalue weighted by Crippen LogP contribution is 2.30. The van der Waals surface area contributed by atoms with Crippen LogP contribution < -0.4 is 5.32 Å². The van der Waals surface area contributed by atoms with Gasteiger partial charge in [-0.15, -0.1) is 0 Å². The van der Waals surface area contributed by atoms with Crippen molar-refractivity contribution in [1.29, 1.82) is 0 Å². The second-order valence-corrected chi connectivity index (χ2v) is 5.37. The number of nitrogens with one attached hydrogen (secondary N) is 1. The molecule has 0 saturated carbocycles. The van der Waals surface area contributed by atoms with Gasteiger partial charge in [0, 0.05) is 30.8 Å². The molecule has 0 aliphatic rings. The Morgan fingerprint density at radius 1 is 1.26 bits per heavy atom. The predicted molar refractivity (Wildman–Crippen MR) is 89.4 cm³/mol. The monoisotopic (exact) mass is 309 g/mol. The first-order valence-corrected chi connectivity index (χ1v) is 7.54. The molecule has 0 saturated heterocycles. The second kappa shape index (κ2) is 6.08. The average Bonchev–Trinajstić information content (AvgIpc) is 3.13. The van der Waals surface area contributed by atoms with Crippen molar-refractivity contribution in [2.75, 3.05) is 5.32 Å². The lowest BCUT2D eigenvalue weighted by Crippen LogP contribution is -2.14. The van der Waals surface area contributed by atoms with Crippen LogP contribution in [0, 0.1) is 6.92 Å². The lowest BCUT2D eigenvalue weighted by molar-refractivity contribution is -0.115. The Kier molecular flexibility index (Phi) is 3.97. The van der Waals surface area contributed by atoms with Crippen LogP contribution in [-0.2, 0) is 11.8 Å². The van der Waals surface area contributed by atoms with E-state index in [1.807, 2.05) is 57.4 Å². The van der Waals surface area contributed by atoms with Crippen molar-refractivity contribution in [1.82, 2.24) is 19.6 Å². The normalized spacial score (nSPS) is 10.7. The van der Waals surface area contributed by atoms with Crippen LogP contribution in [0.25, 0.3) is 16.9 Å². The van der Waals surface area contributed by atoms with Crippen molar-refractivity contribution < 1.29 is 4.79 Å². The van der Waals surface area contributed by atoms with Gasteiger partial charge in [-0.3, -0.25) is 9.48 Å². The Morgan fingerprint density at radius 3 is 2.61 bits per heavy atom. The van der Waals surface area contributed by atoms with E-state index in [-0.39, 0.29) is 5.91 Å². The minimum atomic E-state index is -0.0390. The number of anilines is 1. The van der Waals surface area contributed by atoms with Crippen molar-refractivity contribution >= 4 is 11.7 Å². The van der Waals surface area contributed by atoms with Gasteiger partial charge in [-0.1, -0.05) is 25.1 Å². The van der Waals surface area contributed by atoms with Gasteiger partial charge in [-0.05, 0) is 19.1 Å². The number of aromatic nitrogens is 4. The fourth-order valence-electron chi connectivity index (χ4n) is 2.44. The molecular formula is C17H19N5O. The molecule has 118 valence electrons. The zero-order chi connectivity index (χ0) is 16.4. The lowest BCUT2D eigenvalue weighted by Gasteiger charge is -2.09. The summed E-state index contributed by atoms with van der Waals surface area (Å²) in [6.45, 7) is 3.79. The van der Waals surface area contributed by atoms with Crippen LogP contribution in [0.15, 0.2) is 42.7 Å². The van der Waals surface area contributed by atoms with Gasteiger partial charge >= 0.3 is 0 Å². The van der Waals surface area contributed by atoms with E-state index in [9.17, 15) is 4.79 Å². The van der Waals surface area contributed by atoms with Crippen molar-refractivity contribution in [2.45, 2.75) is 20.3 Å². The molecule has 2 heterocycles. The van der Waals surface area contributed by atoms with Crippen LogP contribution in [0.5, 0.6) is 0 Å². The minimum Gasteiger partial charge on any atom is -0.310 e. The maximum absolute atomic E-state index is 11.9. The fourth-order valence-corrected chi connectivity index (χ4v) is 2.44. The average molecular weight is 309 g/mol. The molecule has 1 amide bonds. The largest absolute Gasteiger partial charge is 0.310 e. The molecule has 1 aromatic carbocycles. The van der Waals surface area contributed by atoms with Gasteiger partial charge in [0.2, 0.25) is 5.91 Å². The number of hydrogen-bond acceptors (Lipinski definition) is 3. The molecular weight excluding hydrogens is 290 g/mol. The van der Waals surface area contributed by atoms with Crippen LogP contribution in [0.3, 0.4) is 0 Å². The highest BCUT2D eigenvalue weighted by Gasteiger charge is 2.19. The molecule has 2 aromatic heterocycles. The standard InChI is InChI=1S/C17H19N5O/c1-4-15(23)19-17-12(2)16(13-10-18-21(3)11-13)20-22(17)14-8-6-5-7-9-14/h5-11H,4H2,1-3H3,(H,19,23). The van der Waals surface area contributed by atoms with E-state index in [4.69, 9.17) is 5.10 Å². The van der Waals surface area contributed by atoms with Crippen molar-refractivity contribution in [2.24, 2.45) is 7.05 Å². The summed E-state index contributed by atoms with van der Waals surface area (Å²) in [4.78, 5) is 11.9. The highest BCUT2D eigenvalue weighted by atomic mass is 16.1. The summed E-state index contributed by atoms with van der Waals surface area (Å²) < 4.78 is 3.51. The third-order valence-corrected chi connectivity index (χ3v) is 3.68. The number of hydrogen-bond donors (Lipinski definition) is 1. The number of aryl methyl sites for hydroxylation is 1. The van der Waals surface area contributed by atoms with Crippen LogP contribution in [0.1, 0.15) is 18.9 Å². The van der Waals surface area contributed by atoms with E-state index in [0.717, 1.165) is 22.5 Å². The topological polar surface area (TPSA) is 64.7 Å². The van der Waals surface area contributed by atoms with Gasteiger partial charge < -0.3 is 5.32 Å². The molecule has 3 rings (SSSR count). The molecule has 0 fully saturated rings. The molecule has 0 bridgehead atoms. The second-order valence-electron chi connectivity index (χ2n) is 5.37. The number of para-hydroxylation sites is 1. The van der Waals surface area contributed by atoms with E-state index in [1.54, 1.807) is 15.6 Å². The summed E-state index contributed by atoms with van der Waals surface area (Å²) in [5.41, 5.74) is 3.56. The zero-order valence-electron chi connectivity index (χ0n) is 13.4. The van der Waals surface area contributed by atoms with Crippen molar-refractivity contribution in [3.8, 4) is 16.9 Å². The molecule has 0 unspecified atom stereocenters. The van der Waals surface area contributed by atoms with Gasteiger partial charge in [0.05, 0.1) is 11.9 Å². The maximum Gasteiger partial charge on any atom is 0.225 e. The zero-order valence-corrected chi connectivity index (χ0v) is 13.4. The fraction of sp³-hybridized carbons (Fsp3) is 0.235. The van der Waals surface area contributed by atoms with Gasteiger partial charge in [0.1, 0.15) is 11.5 Å². The molecule has 23 heavy (non-hydrogen) atoms. The van der Waals surface area contributed by atoms with E-state index in [2.05, 4.69) is 10.4 Å². The van der Waals surface area contributed by atoms with E-state index in [1.165, 1.54) is 0 Å². The minimum absolute atomic E-state index is 0.0390. The Balaban J connectivity index is 2.15. The number of carbonyl (C=O) groups is 1. The van der Waals surface area contributed by atoms with E-state index >= 15 is 0 Å². The van der Waals surface area contributed by atoms with Crippen molar-refractivity contribution in [3.05, 3.63) is 48.3 Å². The number of nitrogens with zero attached hydrogens (tertiary/aromatic N) is 4. The van der Waals surface area contributed by atoms with Crippen LogP contribution in [0.4, 0.5) is 5.82 Å². The third-order valence-electron chi connectivity index (χ3n) is 3.68. The van der Waals surface area contributed by atoms with Crippen LogP contribution in [0.2, 0.25) is 0 Å². The predicted octanol–water partition coefficient (Wildman–Crippen LogP) is 2.93. The number of benzene rings is 1. The molecule has 0 radical (unpaired) electrons. The summed E-state index contributed by atoms with van der Waals surface area (Å²) in [6.07, 6.45) is 4.10. The van der Waals surface area contributed by atoms with Crippen LogP contribution >= 0.6 is 0 Å². The van der Waals surface area contributed by atoms with Gasteiger partial charge in [0.15, 0.2) is 0 Å². The number of amides is 1. The number of rotatable bonds is 4. The summed E-state index contributed by atoms with van der Waals surface area (Å²) in [5.74, 6) is 0.657. The molecule has 0 aliphatic carbocycles. The smallest absolute Gasteiger partial charge is 0.225 e.